The number of anilines is 2. The highest BCUT2D eigenvalue weighted by Crippen LogP contribution is 2.46. The second-order valence-electron chi connectivity index (χ2n) is 7.54. The number of thioether (sulfide) groups is 1. The third-order valence-corrected chi connectivity index (χ3v) is 7.12. The fraction of sp³-hybridized carbons (Fsp3) is 0.364. The van der Waals surface area contributed by atoms with E-state index in [4.69, 9.17) is 0 Å². The second kappa shape index (κ2) is 7.51. The molecule has 2 aliphatic rings. The molecule has 3 amide bonds. The van der Waals surface area contributed by atoms with Crippen LogP contribution in [-0.4, -0.2) is 40.6 Å². The Morgan fingerprint density at radius 1 is 1.07 bits per heavy atom. The molecule has 5 nitrogen and oxygen atoms in total. The predicted octanol–water partition coefficient (Wildman–Crippen LogP) is 4.41. The van der Waals surface area contributed by atoms with E-state index >= 15 is 0 Å². The summed E-state index contributed by atoms with van der Waals surface area (Å²) in [5.41, 5.74) is 4.01. The first-order valence-electron chi connectivity index (χ1n) is 9.64. The van der Waals surface area contributed by atoms with Gasteiger partial charge in [0.25, 0.3) is 0 Å². The van der Waals surface area contributed by atoms with E-state index in [1.807, 2.05) is 66.1 Å². The molecule has 1 N–H and O–H groups in total. The van der Waals surface area contributed by atoms with E-state index < -0.39 is 0 Å². The zero-order valence-electron chi connectivity index (χ0n) is 16.3. The van der Waals surface area contributed by atoms with Gasteiger partial charge >= 0.3 is 6.03 Å². The SMILES string of the molecule is Cc1cccc(N2C(=O)CSC23CCN(C(=O)Nc2ccccc2C)CC3)c1. The van der Waals surface area contributed by atoms with Gasteiger partial charge in [0.15, 0.2) is 0 Å². The number of carbonyl (C=O) groups is 2. The summed E-state index contributed by atoms with van der Waals surface area (Å²) in [7, 11) is 0. The summed E-state index contributed by atoms with van der Waals surface area (Å²) in [5, 5.41) is 3.02. The summed E-state index contributed by atoms with van der Waals surface area (Å²) in [6.45, 7) is 5.31. The van der Waals surface area contributed by atoms with Crippen molar-refractivity contribution in [3.63, 3.8) is 0 Å². The van der Waals surface area contributed by atoms with Gasteiger partial charge in [0.1, 0.15) is 0 Å². The third kappa shape index (κ3) is 3.49. The lowest BCUT2D eigenvalue weighted by atomic mass is 10.0. The summed E-state index contributed by atoms with van der Waals surface area (Å²) < 4.78 is 0. The highest BCUT2D eigenvalue weighted by atomic mass is 32.2. The number of rotatable bonds is 2. The maximum Gasteiger partial charge on any atom is 0.321 e. The summed E-state index contributed by atoms with van der Waals surface area (Å²) in [5.74, 6) is 0.664. The highest BCUT2D eigenvalue weighted by molar-refractivity contribution is 8.02. The Kier molecular flexibility index (Phi) is 5.06. The standard InChI is InChI=1S/C22H25N3O2S/c1-16-6-5-8-18(14-16)25-20(26)15-28-22(25)10-12-24(13-11-22)21(27)23-19-9-4-3-7-17(19)2/h3-9,14H,10-13,15H2,1-2H3,(H,23,27). The Bertz CT molecular complexity index is 906. The van der Waals surface area contributed by atoms with E-state index in [2.05, 4.69) is 11.4 Å². The van der Waals surface area contributed by atoms with Gasteiger partial charge in [0.05, 0.1) is 10.6 Å². The lowest BCUT2D eigenvalue weighted by Crippen LogP contribution is -2.53. The van der Waals surface area contributed by atoms with E-state index in [9.17, 15) is 9.59 Å². The van der Waals surface area contributed by atoms with E-state index in [0.717, 1.165) is 35.3 Å². The van der Waals surface area contributed by atoms with Crippen molar-refractivity contribution in [1.82, 2.24) is 4.90 Å². The van der Waals surface area contributed by atoms with Crippen molar-refractivity contribution in [2.24, 2.45) is 0 Å². The molecule has 2 fully saturated rings. The molecule has 1 spiro atoms. The number of nitrogens with one attached hydrogen (secondary N) is 1. The first kappa shape index (κ1) is 18.9. The van der Waals surface area contributed by atoms with Gasteiger partial charge in [-0.15, -0.1) is 11.8 Å². The van der Waals surface area contributed by atoms with Crippen molar-refractivity contribution < 1.29 is 9.59 Å². The number of para-hydroxylation sites is 1. The number of urea groups is 1. The highest BCUT2D eigenvalue weighted by Gasteiger charge is 2.49. The number of amides is 3. The summed E-state index contributed by atoms with van der Waals surface area (Å²) >= 11 is 1.72. The van der Waals surface area contributed by atoms with Gasteiger partial charge in [-0.3, -0.25) is 9.69 Å². The monoisotopic (exact) mass is 395 g/mol. The zero-order chi connectivity index (χ0) is 19.7. The molecule has 2 aliphatic heterocycles. The Balaban J connectivity index is 1.47. The van der Waals surface area contributed by atoms with Gasteiger partial charge in [0, 0.05) is 24.5 Å². The normalized spacial score (nSPS) is 18.6. The molecular formula is C22H25N3O2S. The molecule has 6 heteroatoms. The fourth-order valence-electron chi connectivity index (χ4n) is 4.03. The lowest BCUT2D eigenvalue weighted by molar-refractivity contribution is -0.116. The Hall–Kier alpha value is -2.47. The Morgan fingerprint density at radius 2 is 1.82 bits per heavy atom. The van der Waals surface area contributed by atoms with Crippen LogP contribution in [0.15, 0.2) is 48.5 Å². The Morgan fingerprint density at radius 3 is 2.54 bits per heavy atom. The lowest BCUT2D eigenvalue weighted by Gasteiger charge is -2.44. The first-order valence-corrected chi connectivity index (χ1v) is 10.6. The molecule has 2 heterocycles. The predicted molar refractivity (Wildman–Crippen MR) is 115 cm³/mol. The summed E-state index contributed by atoms with van der Waals surface area (Å²) in [6.07, 6.45) is 1.55. The van der Waals surface area contributed by atoms with Crippen LogP contribution >= 0.6 is 11.8 Å². The number of hydrogen-bond donors (Lipinski definition) is 1. The number of hydrogen-bond acceptors (Lipinski definition) is 3. The largest absolute Gasteiger partial charge is 0.324 e. The van der Waals surface area contributed by atoms with Crippen molar-refractivity contribution in [2.45, 2.75) is 31.6 Å². The molecule has 0 radical (unpaired) electrons. The number of benzene rings is 2. The Labute approximate surface area is 170 Å². The van der Waals surface area contributed by atoms with Crippen molar-refractivity contribution in [3.05, 3.63) is 59.7 Å². The van der Waals surface area contributed by atoms with Gasteiger partial charge < -0.3 is 10.2 Å². The molecule has 2 aromatic carbocycles. The molecule has 2 saturated heterocycles. The van der Waals surface area contributed by atoms with Gasteiger partial charge in [-0.1, -0.05) is 30.3 Å². The number of carbonyl (C=O) groups excluding carboxylic acids is 2. The minimum atomic E-state index is -0.246. The summed E-state index contributed by atoms with van der Waals surface area (Å²) in [4.78, 5) is 29.0. The molecule has 0 saturated carbocycles. The second-order valence-corrected chi connectivity index (χ2v) is 8.87. The minimum absolute atomic E-state index is 0.0689. The first-order chi connectivity index (χ1) is 13.5. The molecule has 0 bridgehead atoms. The topological polar surface area (TPSA) is 52.7 Å². The molecule has 28 heavy (non-hydrogen) atoms. The average molecular weight is 396 g/mol. The van der Waals surface area contributed by atoms with Gasteiger partial charge in [0.2, 0.25) is 5.91 Å². The van der Waals surface area contributed by atoms with Gasteiger partial charge in [-0.05, 0) is 56.0 Å². The van der Waals surface area contributed by atoms with Gasteiger partial charge in [-0.25, -0.2) is 4.79 Å². The molecule has 4 rings (SSSR count). The average Bonchev–Trinajstić information content (AvgIpc) is 3.00. The smallest absolute Gasteiger partial charge is 0.321 e. The molecular weight excluding hydrogens is 370 g/mol. The van der Waals surface area contributed by atoms with Crippen LogP contribution in [0.3, 0.4) is 0 Å². The fourth-order valence-corrected chi connectivity index (χ4v) is 5.36. The van der Waals surface area contributed by atoms with Crippen LogP contribution in [0, 0.1) is 13.8 Å². The molecule has 0 aliphatic carbocycles. The van der Waals surface area contributed by atoms with E-state index in [1.54, 1.807) is 11.8 Å². The molecule has 0 atom stereocenters. The van der Waals surface area contributed by atoms with Crippen molar-refractivity contribution in [1.29, 1.82) is 0 Å². The molecule has 2 aromatic rings. The number of piperidine rings is 1. The summed E-state index contributed by atoms with van der Waals surface area (Å²) in [6, 6.07) is 15.9. The van der Waals surface area contributed by atoms with Crippen molar-refractivity contribution >= 4 is 35.1 Å². The zero-order valence-corrected chi connectivity index (χ0v) is 17.1. The maximum absolute atomic E-state index is 12.7. The maximum atomic E-state index is 12.7. The van der Waals surface area contributed by atoms with Crippen LogP contribution in [0.4, 0.5) is 16.2 Å². The van der Waals surface area contributed by atoms with Crippen LogP contribution in [0.25, 0.3) is 0 Å². The third-order valence-electron chi connectivity index (χ3n) is 5.60. The van der Waals surface area contributed by atoms with Crippen LogP contribution < -0.4 is 10.2 Å². The van der Waals surface area contributed by atoms with Crippen LogP contribution in [0.1, 0.15) is 24.0 Å². The van der Waals surface area contributed by atoms with Crippen molar-refractivity contribution in [3.8, 4) is 0 Å². The number of aryl methyl sites for hydroxylation is 2. The molecule has 0 aromatic heterocycles. The van der Waals surface area contributed by atoms with Crippen molar-refractivity contribution in [2.75, 3.05) is 29.1 Å². The van der Waals surface area contributed by atoms with E-state index in [0.29, 0.717) is 18.8 Å². The molecule has 0 unspecified atom stereocenters. The van der Waals surface area contributed by atoms with Crippen LogP contribution in [-0.2, 0) is 4.79 Å². The van der Waals surface area contributed by atoms with Gasteiger partial charge in [-0.2, -0.15) is 0 Å². The van der Waals surface area contributed by atoms with E-state index in [-0.39, 0.29) is 16.8 Å². The van der Waals surface area contributed by atoms with Crippen LogP contribution in [0.5, 0.6) is 0 Å². The quantitative estimate of drug-likeness (QED) is 0.820. The molecule has 146 valence electrons. The van der Waals surface area contributed by atoms with E-state index in [1.165, 1.54) is 0 Å². The number of nitrogens with zero attached hydrogens (tertiary/aromatic N) is 2. The van der Waals surface area contributed by atoms with Crippen LogP contribution in [0.2, 0.25) is 0 Å². The number of likely N-dealkylation sites (tertiary alicyclic amines) is 1. The minimum Gasteiger partial charge on any atom is -0.324 e.